The summed E-state index contributed by atoms with van der Waals surface area (Å²) >= 11 is 0. The molecule has 0 aliphatic heterocycles. The Bertz CT molecular complexity index is 682. The molecule has 2 aromatic carbocycles. The number of ether oxygens (including phenoxy) is 1. The summed E-state index contributed by atoms with van der Waals surface area (Å²) in [5.41, 5.74) is 2.01. The van der Waals surface area contributed by atoms with Crippen LogP contribution in [0, 0.1) is 0 Å². The molecule has 3 rings (SSSR count). The van der Waals surface area contributed by atoms with Gasteiger partial charge in [0.15, 0.2) is 0 Å². The van der Waals surface area contributed by atoms with E-state index in [1.165, 1.54) is 0 Å². The van der Waals surface area contributed by atoms with Crippen LogP contribution in [0.1, 0.15) is 18.6 Å². The molecule has 1 heterocycles. The minimum absolute atomic E-state index is 0.0673. The first kappa shape index (κ1) is 11.7. The Kier molecular flexibility index (Phi) is 3.11. The van der Waals surface area contributed by atoms with Gasteiger partial charge in [0, 0.05) is 11.6 Å². The first-order chi connectivity index (χ1) is 9.33. The van der Waals surface area contributed by atoms with Crippen LogP contribution in [0.4, 0.5) is 0 Å². The molecule has 94 valence electrons. The maximum Gasteiger partial charge on any atom is 0.317 e. The van der Waals surface area contributed by atoms with E-state index in [-0.39, 0.29) is 6.10 Å². The maximum atomic E-state index is 5.79. The summed E-state index contributed by atoms with van der Waals surface area (Å²) in [6.07, 6.45) is 1.72. The van der Waals surface area contributed by atoms with E-state index >= 15 is 0 Å². The first-order valence-electron chi connectivity index (χ1n) is 6.26. The number of aromatic nitrogens is 2. The Morgan fingerprint density at radius 3 is 2.53 bits per heavy atom. The third kappa shape index (κ3) is 2.55. The summed E-state index contributed by atoms with van der Waals surface area (Å²) in [5, 5.41) is 1.02. The Morgan fingerprint density at radius 1 is 0.947 bits per heavy atom. The van der Waals surface area contributed by atoms with Crippen LogP contribution in [-0.2, 0) is 0 Å². The topological polar surface area (TPSA) is 35.0 Å². The predicted octanol–water partition coefficient (Wildman–Crippen LogP) is 3.77. The molecule has 0 unspecified atom stereocenters. The zero-order valence-electron chi connectivity index (χ0n) is 10.7. The van der Waals surface area contributed by atoms with Crippen molar-refractivity contribution in [1.29, 1.82) is 0 Å². The van der Waals surface area contributed by atoms with Gasteiger partial charge in [-0.3, -0.25) is 0 Å². The van der Waals surface area contributed by atoms with Crippen molar-refractivity contribution in [2.45, 2.75) is 13.0 Å². The number of para-hydroxylation sites is 1. The van der Waals surface area contributed by atoms with Crippen molar-refractivity contribution in [3.05, 3.63) is 66.4 Å². The molecule has 0 N–H and O–H groups in total. The standard InChI is InChI=1S/C16H14N2O/c1-12(13-7-3-2-4-8-13)19-16-17-11-14-9-5-6-10-15(14)18-16/h2-12H,1H3/t12-/m0/s1. The first-order valence-corrected chi connectivity index (χ1v) is 6.26. The molecule has 1 atom stereocenters. The van der Waals surface area contributed by atoms with Gasteiger partial charge in [0.25, 0.3) is 0 Å². The molecule has 0 radical (unpaired) electrons. The molecular weight excluding hydrogens is 236 g/mol. The van der Waals surface area contributed by atoms with Crippen molar-refractivity contribution in [1.82, 2.24) is 9.97 Å². The van der Waals surface area contributed by atoms with Crippen molar-refractivity contribution in [3.8, 4) is 6.01 Å². The van der Waals surface area contributed by atoms with Crippen LogP contribution in [0.3, 0.4) is 0 Å². The molecular formula is C16H14N2O. The van der Waals surface area contributed by atoms with E-state index in [2.05, 4.69) is 9.97 Å². The molecule has 0 saturated heterocycles. The lowest BCUT2D eigenvalue weighted by Crippen LogP contribution is -2.05. The summed E-state index contributed by atoms with van der Waals surface area (Å²) in [7, 11) is 0. The third-order valence-electron chi connectivity index (χ3n) is 3.02. The monoisotopic (exact) mass is 250 g/mol. The van der Waals surface area contributed by atoms with Gasteiger partial charge in [0.2, 0.25) is 0 Å². The van der Waals surface area contributed by atoms with Crippen molar-refractivity contribution in [3.63, 3.8) is 0 Å². The molecule has 1 aromatic heterocycles. The minimum Gasteiger partial charge on any atom is -0.456 e. The fourth-order valence-electron chi connectivity index (χ4n) is 1.96. The van der Waals surface area contributed by atoms with Gasteiger partial charge in [-0.15, -0.1) is 0 Å². The van der Waals surface area contributed by atoms with E-state index in [0.29, 0.717) is 6.01 Å². The van der Waals surface area contributed by atoms with Crippen LogP contribution in [-0.4, -0.2) is 9.97 Å². The van der Waals surface area contributed by atoms with Crippen molar-refractivity contribution in [2.75, 3.05) is 0 Å². The van der Waals surface area contributed by atoms with Gasteiger partial charge < -0.3 is 4.74 Å². The van der Waals surface area contributed by atoms with Gasteiger partial charge in [-0.25, -0.2) is 4.98 Å². The van der Waals surface area contributed by atoms with Crippen LogP contribution >= 0.6 is 0 Å². The predicted molar refractivity (Wildman–Crippen MR) is 75.0 cm³/mol. The number of benzene rings is 2. The van der Waals surface area contributed by atoms with Crippen LogP contribution in [0.5, 0.6) is 6.01 Å². The van der Waals surface area contributed by atoms with Crippen molar-refractivity contribution < 1.29 is 4.74 Å². The average molecular weight is 250 g/mol. The Balaban J connectivity index is 1.85. The molecule has 3 heteroatoms. The Hall–Kier alpha value is -2.42. The smallest absolute Gasteiger partial charge is 0.317 e. The lowest BCUT2D eigenvalue weighted by atomic mass is 10.1. The second kappa shape index (κ2) is 5.06. The number of hydrogen-bond acceptors (Lipinski definition) is 3. The fraction of sp³-hybridized carbons (Fsp3) is 0.125. The van der Waals surface area contributed by atoms with Gasteiger partial charge in [-0.2, -0.15) is 4.98 Å². The average Bonchev–Trinajstić information content (AvgIpc) is 2.48. The number of nitrogens with zero attached hydrogens (tertiary/aromatic N) is 2. The third-order valence-corrected chi connectivity index (χ3v) is 3.02. The van der Waals surface area contributed by atoms with Gasteiger partial charge in [0.05, 0.1) is 5.52 Å². The van der Waals surface area contributed by atoms with Crippen LogP contribution < -0.4 is 4.74 Å². The van der Waals surface area contributed by atoms with Crippen LogP contribution in [0.15, 0.2) is 60.8 Å². The normalized spacial score (nSPS) is 12.3. The van der Waals surface area contributed by atoms with E-state index < -0.39 is 0 Å². The fourth-order valence-corrected chi connectivity index (χ4v) is 1.96. The highest BCUT2D eigenvalue weighted by Crippen LogP contribution is 2.20. The summed E-state index contributed by atoms with van der Waals surface area (Å²) in [5.74, 6) is 0. The molecule has 0 saturated carbocycles. The highest BCUT2D eigenvalue weighted by atomic mass is 16.5. The van der Waals surface area contributed by atoms with Gasteiger partial charge in [0.1, 0.15) is 6.10 Å². The molecule has 0 aliphatic carbocycles. The van der Waals surface area contributed by atoms with Crippen molar-refractivity contribution in [2.24, 2.45) is 0 Å². The van der Waals surface area contributed by atoms with E-state index in [4.69, 9.17) is 4.74 Å². The number of rotatable bonds is 3. The Morgan fingerprint density at radius 2 is 1.68 bits per heavy atom. The summed E-state index contributed by atoms with van der Waals surface area (Å²) in [4.78, 5) is 8.65. The van der Waals surface area contributed by atoms with Gasteiger partial charge in [-0.05, 0) is 18.6 Å². The second-order valence-corrected chi connectivity index (χ2v) is 4.38. The summed E-state index contributed by atoms with van der Waals surface area (Å²) < 4.78 is 5.79. The van der Waals surface area contributed by atoms with Gasteiger partial charge >= 0.3 is 6.01 Å². The lowest BCUT2D eigenvalue weighted by Gasteiger charge is -2.13. The molecule has 0 bridgehead atoms. The molecule has 3 nitrogen and oxygen atoms in total. The molecule has 19 heavy (non-hydrogen) atoms. The lowest BCUT2D eigenvalue weighted by molar-refractivity contribution is 0.208. The zero-order valence-corrected chi connectivity index (χ0v) is 10.7. The summed E-state index contributed by atoms with van der Waals surface area (Å²) in [6, 6.07) is 18.3. The quantitative estimate of drug-likeness (QED) is 0.709. The van der Waals surface area contributed by atoms with Crippen molar-refractivity contribution >= 4 is 10.9 Å². The molecule has 0 aliphatic rings. The highest BCUT2D eigenvalue weighted by Gasteiger charge is 2.08. The van der Waals surface area contributed by atoms with Crippen LogP contribution in [0.25, 0.3) is 10.9 Å². The highest BCUT2D eigenvalue weighted by molar-refractivity contribution is 5.77. The second-order valence-electron chi connectivity index (χ2n) is 4.38. The molecule has 0 amide bonds. The maximum absolute atomic E-state index is 5.79. The molecule has 0 spiro atoms. The molecule has 0 fully saturated rings. The molecule has 3 aromatic rings. The van der Waals surface area contributed by atoms with E-state index in [0.717, 1.165) is 16.5 Å². The summed E-state index contributed by atoms with van der Waals surface area (Å²) in [6.45, 7) is 1.99. The van der Waals surface area contributed by atoms with Crippen LogP contribution in [0.2, 0.25) is 0 Å². The Labute approximate surface area is 111 Å². The van der Waals surface area contributed by atoms with E-state index in [1.54, 1.807) is 6.20 Å². The van der Waals surface area contributed by atoms with E-state index in [1.807, 2.05) is 61.5 Å². The number of fused-ring (bicyclic) bond motifs is 1. The zero-order chi connectivity index (χ0) is 13.1. The SMILES string of the molecule is C[C@H](Oc1ncc2ccccc2n1)c1ccccc1. The van der Waals surface area contributed by atoms with E-state index in [9.17, 15) is 0 Å². The minimum atomic E-state index is -0.0673. The van der Waals surface area contributed by atoms with Gasteiger partial charge in [-0.1, -0.05) is 48.5 Å². The number of hydrogen-bond donors (Lipinski definition) is 0. The largest absolute Gasteiger partial charge is 0.456 e.